The topological polar surface area (TPSA) is 45.2 Å². The average molecular weight is 309 g/mol. The van der Waals surface area contributed by atoms with Gasteiger partial charge in [-0.2, -0.15) is 0 Å². The zero-order valence-corrected chi connectivity index (χ0v) is 13.4. The number of rotatable bonds is 3. The van der Waals surface area contributed by atoms with Crippen LogP contribution in [0, 0.1) is 0 Å². The third kappa shape index (κ3) is 2.93. The van der Waals surface area contributed by atoms with Crippen LogP contribution in [-0.4, -0.2) is 45.0 Å². The number of aromatic nitrogens is 3. The van der Waals surface area contributed by atoms with Gasteiger partial charge in [0.25, 0.3) is 0 Å². The molecule has 120 valence electrons. The summed E-state index contributed by atoms with van der Waals surface area (Å²) in [4.78, 5) is 18.1. The Hall–Kier alpha value is -2.01. The van der Waals surface area contributed by atoms with Gasteiger partial charge < -0.3 is 4.90 Å². The van der Waals surface area contributed by atoms with Crippen LogP contribution in [0.3, 0.4) is 0 Å². The number of nitrogens with zero attached hydrogens (tertiary/aromatic N) is 5. The Morgan fingerprint density at radius 2 is 1.78 bits per heavy atom. The quantitative estimate of drug-likeness (QED) is 0.872. The van der Waals surface area contributed by atoms with Crippen LogP contribution in [-0.2, 0) is 6.54 Å². The minimum absolute atomic E-state index is 0.362. The molecule has 0 atom stereocenters. The van der Waals surface area contributed by atoms with Crippen LogP contribution in [0.2, 0.25) is 0 Å². The van der Waals surface area contributed by atoms with E-state index in [1.165, 1.54) is 37.8 Å². The second-order valence-electron chi connectivity index (χ2n) is 6.65. The molecule has 5 heteroatoms. The highest BCUT2D eigenvalue weighted by Crippen LogP contribution is 2.39. The van der Waals surface area contributed by atoms with Gasteiger partial charge in [-0.15, -0.1) is 0 Å². The van der Waals surface area contributed by atoms with Crippen molar-refractivity contribution in [2.24, 2.45) is 0 Å². The van der Waals surface area contributed by atoms with Crippen molar-refractivity contribution in [2.45, 2.75) is 37.8 Å². The molecule has 0 aromatic carbocycles. The molecule has 2 saturated heterocycles. The van der Waals surface area contributed by atoms with E-state index in [4.69, 9.17) is 0 Å². The highest BCUT2D eigenvalue weighted by Gasteiger charge is 2.43. The van der Waals surface area contributed by atoms with Gasteiger partial charge >= 0.3 is 0 Å². The summed E-state index contributed by atoms with van der Waals surface area (Å²) in [6, 6.07) is 6.10. The molecule has 0 unspecified atom stereocenters. The Kier molecular flexibility index (Phi) is 3.95. The maximum Gasteiger partial charge on any atom is 0.225 e. The molecule has 0 amide bonds. The normalized spacial score (nSPS) is 21.0. The lowest BCUT2D eigenvalue weighted by molar-refractivity contribution is 0.0993. The van der Waals surface area contributed by atoms with Crippen LogP contribution in [0.1, 0.15) is 31.2 Å². The van der Waals surface area contributed by atoms with Crippen molar-refractivity contribution >= 4 is 5.95 Å². The van der Waals surface area contributed by atoms with Gasteiger partial charge in [0, 0.05) is 50.0 Å². The van der Waals surface area contributed by atoms with Gasteiger partial charge in [-0.1, -0.05) is 6.07 Å². The lowest BCUT2D eigenvalue weighted by Crippen LogP contribution is -2.52. The summed E-state index contributed by atoms with van der Waals surface area (Å²) in [7, 11) is 0. The third-order valence-corrected chi connectivity index (χ3v) is 5.37. The molecule has 0 saturated carbocycles. The second kappa shape index (κ2) is 6.24. The number of hydrogen-bond donors (Lipinski definition) is 0. The zero-order chi connectivity index (χ0) is 15.5. The summed E-state index contributed by atoms with van der Waals surface area (Å²) in [5.41, 5.74) is 1.68. The second-order valence-corrected chi connectivity index (χ2v) is 6.65. The van der Waals surface area contributed by atoms with E-state index in [9.17, 15) is 0 Å². The molecular weight excluding hydrogens is 286 g/mol. The molecule has 4 heterocycles. The van der Waals surface area contributed by atoms with Crippen LogP contribution in [0.4, 0.5) is 5.95 Å². The summed E-state index contributed by atoms with van der Waals surface area (Å²) in [5.74, 6) is 0.874. The van der Waals surface area contributed by atoms with E-state index in [1.807, 2.05) is 36.9 Å². The Bertz CT molecular complexity index is 622. The third-order valence-electron chi connectivity index (χ3n) is 5.37. The van der Waals surface area contributed by atoms with Gasteiger partial charge in [-0.3, -0.25) is 9.88 Å². The van der Waals surface area contributed by atoms with E-state index in [2.05, 4.69) is 30.8 Å². The fourth-order valence-electron chi connectivity index (χ4n) is 4.10. The van der Waals surface area contributed by atoms with Crippen LogP contribution in [0.5, 0.6) is 0 Å². The molecule has 2 aliphatic rings. The fourth-order valence-corrected chi connectivity index (χ4v) is 4.10. The Morgan fingerprint density at radius 1 is 0.957 bits per heavy atom. The Morgan fingerprint density at radius 3 is 2.52 bits per heavy atom. The van der Waals surface area contributed by atoms with Gasteiger partial charge in [0.2, 0.25) is 5.95 Å². The largest absolute Gasteiger partial charge is 0.341 e. The molecule has 1 spiro atoms. The first-order valence-electron chi connectivity index (χ1n) is 8.52. The zero-order valence-electron chi connectivity index (χ0n) is 13.4. The molecule has 23 heavy (non-hydrogen) atoms. The maximum absolute atomic E-state index is 4.40. The van der Waals surface area contributed by atoms with Crippen molar-refractivity contribution in [3.8, 4) is 0 Å². The van der Waals surface area contributed by atoms with Crippen molar-refractivity contribution in [2.75, 3.05) is 24.5 Å². The van der Waals surface area contributed by atoms with Crippen LogP contribution >= 0.6 is 0 Å². The molecular formula is C18H23N5. The maximum atomic E-state index is 4.40. The van der Waals surface area contributed by atoms with Crippen LogP contribution in [0.15, 0.2) is 43.0 Å². The summed E-state index contributed by atoms with van der Waals surface area (Å²) in [6.07, 6.45) is 12.5. The number of likely N-dealkylation sites (tertiary alicyclic amines) is 1. The molecule has 0 bridgehead atoms. The summed E-state index contributed by atoms with van der Waals surface area (Å²) < 4.78 is 0. The molecule has 2 aromatic rings. The molecule has 5 nitrogen and oxygen atoms in total. The molecule has 4 rings (SSSR count). The minimum Gasteiger partial charge on any atom is -0.341 e. The molecule has 2 aliphatic heterocycles. The summed E-state index contributed by atoms with van der Waals surface area (Å²) in [5, 5.41) is 0. The van der Waals surface area contributed by atoms with Gasteiger partial charge in [0.15, 0.2) is 0 Å². The average Bonchev–Trinajstić information content (AvgIpc) is 2.99. The fraction of sp³-hybridized carbons (Fsp3) is 0.500. The molecule has 0 N–H and O–H groups in total. The predicted octanol–water partition coefficient (Wildman–Crippen LogP) is 2.51. The molecule has 0 aliphatic carbocycles. The Labute approximate surface area is 137 Å². The number of pyridine rings is 1. The minimum atomic E-state index is 0.362. The number of piperidine rings is 1. The van der Waals surface area contributed by atoms with E-state index >= 15 is 0 Å². The van der Waals surface area contributed by atoms with E-state index < -0.39 is 0 Å². The molecule has 2 fully saturated rings. The molecule has 0 radical (unpaired) electrons. The van der Waals surface area contributed by atoms with Gasteiger partial charge in [-0.05, 0) is 49.9 Å². The highest BCUT2D eigenvalue weighted by molar-refractivity contribution is 5.30. The Balaban J connectivity index is 1.44. The summed E-state index contributed by atoms with van der Waals surface area (Å²) in [6.45, 7) is 4.33. The van der Waals surface area contributed by atoms with E-state index in [0.29, 0.717) is 5.54 Å². The smallest absolute Gasteiger partial charge is 0.225 e. The lowest BCUT2D eigenvalue weighted by Gasteiger charge is -2.45. The van der Waals surface area contributed by atoms with E-state index in [1.54, 1.807) is 0 Å². The SMILES string of the molecule is c1cnc(N2CCC3(CCCN3Cc3cccnc3)CC2)nc1. The van der Waals surface area contributed by atoms with Gasteiger partial charge in [0.05, 0.1) is 0 Å². The van der Waals surface area contributed by atoms with Gasteiger partial charge in [0.1, 0.15) is 0 Å². The highest BCUT2D eigenvalue weighted by atomic mass is 15.3. The van der Waals surface area contributed by atoms with Crippen LogP contribution < -0.4 is 4.90 Å². The van der Waals surface area contributed by atoms with E-state index in [0.717, 1.165) is 25.6 Å². The number of anilines is 1. The first-order chi connectivity index (χ1) is 11.4. The summed E-state index contributed by atoms with van der Waals surface area (Å²) >= 11 is 0. The first-order valence-corrected chi connectivity index (χ1v) is 8.52. The van der Waals surface area contributed by atoms with Gasteiger partial charge in [-0.25, -0.2) is 9.97 Å². The predicted molar refractivity (Wildman–Crippen MR) is 90.1 cm³/mol. The van der Waals surface area contributed by atoms with Crippen molar-refractivity contribution in [3.63, 3.8) is 0 Å². The monoisotopic (exact) mass is 309 g/mol. The van der Waals surface area contributed by atoms with Crippen molar-refractivity contribution < 1.29 is 0 Å². The van der Waals surface area contributed by atoms with E-state index in [-0.39, 0.29) is 0 Å². The van der Waals surface area contributed by atoms with Crippen molar-refractivity contribution in [1.29, 1.82) is 0 Å². The standard InChI is InChI=1S/C18H23N5/c1-4-16(14-19-8-1)15-23-11-2-5-18(23)6-12-22(13-7-18)17-20-9-3-10-21-17/h1,3-4,8-10,14H,2,5-7,11-13,15H2. The van der Waals surface area contributed by atoms with Crippen molar-refractivity contribution in [3.05, 3.63) is 48.5 Å². The lowest BCUT2D eigenvalue weighted by atomic mass is 9.85. The molecule has 2 aromatic heterocycles. The van der Waals surface area contributed by atoms with Crippen LogP contribution in [0.25, 0.3) is 0 Å². The first kappa shape index (κ1) is 14.6. The van der Waals surface area contributed by atoms with Crippen molar-refractivity contribution in [1.82, 2.24) is 19.9 Å². The number of hydrogen-bond acceptors (Lipinski definition) is 5.